The second kappa shape index (κ2) is 6.87. The average molecular weight is 371 g/mol. The van der Waals surface area contributed by atoms with Crippen molar-refractivity contribution >= 4 is 30.9 Å². The third-order valence-electron chi connectivity index (χ3n) is 5.26. The lowest BCUT2D eigenvalue weighted by atomic mass is 9.78. The van der Waals surface area contributed by atoms with Crippen molar-refractivity contribution in [3.05, 3.63) is 29.6 Å². The number of hydrogen-bond acceptors (Lipinski definition) is 4. The smallest absolute Gasteiger partial charge is 0.399 e. The van der Waals surface area contributed by atoms with Crippen molar-refractivity contribution in [2.45, 2.75) is 51.4 Å². The molecule has 1 atom stereocenters. The Morgan fingerprint density at radius 2 is 1.88 bits per heavy atom. The van der Waals surface area contributed by atoms with Crippen molar-refractivity contribution in [3.8, 4) is 0 Å². The number of rotatable bonds is 2. The van der Waals surface area contributed by atoms with E-state index in [0.717, 1.165) is 6.42 Å². The van der Waals surface area contributed by atoms with E-state index in [0.29, 0.717) is 18.6 Å². The fourth-order valence-electron chi connectivity index (χ4n) is 2.97. The van der Waals surface area contributed by atoms with Crippen LogP contribution in [0, 0.1) is 5.82 Å². The van der Waals surface area contributed by atoms with Gasteiger partial charge in [0.2, 0.25) is 0 Å². The molecular weight excluding hydrogens is 345 g/mol. The molecule has 138 valence electrons. The molecule has 8 heteroatoms. The van der Waals surface area contributed by atoms with Gasteiger partial charge in [0, 0.05) is 19.1 Å². The second-order valence-electron chi connectivity index (χ2n) is 7.63. The Labute approximate surface area is 154 Å². The third kappa shape index (κ3) is 3.70. The van der Waals surface area contributed by atoms with Gasteiger partial charge in [0.15, 0.2) is 0 Å². The summed E-state index contributed by atoms with van der Waals surface area (Å²) < 4.78 is 26.3. The summed E-state index contributed by atoms with van der Waals surface area (Å²) in [6, 6.07) is 4.49. The lowest BCUT2D eigenvalue weighted by molar-refractivity contribution is 0.00578. The van der Waals surface area contributed by atoms with Crippen LogP contribution in [0.3, 0.4) is 0 Å². The SMILES string of the molecule is CC1(C)OB(c2ccc(C(=O)N3CC[C@H](N)C3)c(F)c2)OC1(C)C.Cl. The normalized spacial score (nSPS) is 24.3. The first kappa shape index (κ1) is 20.2. The Bertz CT molecular complexity index is 655. The van der Waals surface area contributed by atoms with E-state index in [1.165, 1.54) is 12.1 Å². The molecule has 0 aliphatic carbocycles. The number of hydrogen-bond donors (Lipinski definition) is 1. The maximum absolute atomic E-state index is 14.5. The summed E-state index contributed by atoms with van der Waals surface area (Å²) in [4.78, 5) is 14.0. The topological polar surface area (TPSA) is 64.8 Å². The summed E-state index contributed by atoms with van der Waals surface area (Å²) in [6.45, 7) is 8.81. The predicted molar refractivity (Wildman–Crippen MR) is 97.9 cm³/mol. The molecule has 2 aliphatic rings. The molecule has 0 unspecified atom stereocenters. The summed E-state index contributed by atoms with van der Waals surface area (Å²) in [5.74, 6) is -0.881. The minimum Gasteiger partial charge on any atom is -0.399 e. The number of halogens is 2. The maximum atomic E-state index is 14.5. The lowest BCUT2D eigenvalue weighted by Crippen LogP contribution is -2.41. The van der Waals surface area contributed by atoms with Gasteiger partial charge >= 0.3 is 7.12 Å². The molecule has 25 heavy (non-hydrogen) atoms. The lowest BCUT2D eigenvalue weighted by Gasteiger charge is -2.32. The fraction of sp³-hybridized carbons (Fsp3) is 0.588. The third-order valence-corrected chi connectivity index (χ3v) is 5.26. The molecule has 0 saturated carbocycles. The highest BCUT2D eigenvalue weighted by atomic mass is 35.5. The van der Waals surface area contributed by atoms with E-state index in [2.05, 4.69) is 0 Å². The van der Waals surface area contributed by atoms with Crippen molar-refractivity contribution in [2.75, 3.05) is 13.1 Å². The monoisotopic (exact) mass is 370 g/mol. The quantitative estimate of drug-likeness (QED) is 0.805. The maximum Gasteiger partial charge on any atom is 0.494 e. The van der Waals surface area contributed by atoms with Crippen LogP contribution in [-0.2, 0) is 9.31 Å². The van der Waals surface area contributed by atoms with Gasteiger partial charge in [0.05, 0.1) is 16.8 Å². The highest BCUT2D eigenvalue weighted by Gasteiger charge is 2.51. The first-order valence-corrected chi connectivity index (χ1v) is 8.31. The zero-order valence-corrected chi connectivity index (χ0v) is 15.9. The van der Waals surface area contributed by atoms with Crippen LogP contribution in [0.25, 0.3) is 0 Å². The number of nitrogens with zero attached hydrogens (tertiary/aromatic N) is 1. The summed E-state index contributed by atoms with van der Waals surface area (Å²) in [5, 5.41) is 0. The molecule has 5 nitrogen and oxygen atoms in total. The molecule has 1 aromatic carbocycles. The standard InChI is InChI=1S/C17H24BFN2O3.ClH/c1-16(2)17(3,4)24-18(23-16)11-5-6-13(14(19)9-11)15(22)21-8-7-12(20)10-21;/h5-6,9,12H,7-8,10,20H2,1-4H3;1H/t12-;/m0./s1. The first-order valence-electron chi connectivity index (χ1n) is 8.31. The van der Waals surface area contributed by atoms with Crippen molar-refractivity contribution in [1.82, 2.24) is 4.90 Å². The van der Waals surface area contributed by atoms with E-state index in [9.17, 15) is 9.18 Å². The molecule has 2 N–H and O–H groups in total. The van der Waals surface area contributed by atoms with Crippen molar-refractivity contribution in [2.24, 2.45) is 5.73 Å². The van der Waals surface area contributed by atoms with E-state index in [1.807, 2.05) is 27.7 Å². The Morgan fingerprint density at radius 1 is 1.28 bits per heavy atom. The van der Waals surface area contributed by atoms with Crippen LogP contribution in [-0.4, -0.2) is 48.3 Å². The Hall–Kier alpha value is -1.15. The van der Waals surface area contributed by atoms with Crippen LogP contribution < -0.4 is 11.2 Å². The number of carbonyl (C=O) groups is 1. The summed E-state index contributed by atoms with van der Waals surface area (Å²) in [7, 11) is -0.645. The summed E-state index contributed by atoms with van der Waals surface area (Å²) in [6.07, 6.45) is 0.749. The molecule has 2 saturated heterocycles. The average Bonchev–Trinajstić information content (AvgIpc) is 3.00. The molecule has 1 amide bonds. The zero-order valence-electron chi connectivity index (χ0n) is 15.0. The van der Waals surface area contributed by atoms with Crippen LogP contribution in [0.1, 0.15) is 44.5 Å². The van der Waals surface area contributed by atoms with Crippen LogP contribution in [0.15, 0.2) is 18.2 Å². The minimum atomic E-state index is -0.645. The molecule has 0 bridgehead atoms. The molecule has 0 spiro atoms. The van der Waals surface area contributed by atoms with Gasteiger partial charge in [-0.3, -0.25) is 4.79 Å². The van der Waals surface area contributed by atoms with E-state index in [-0.39, 0.29) is 29.9 Å². The number of likely N-dealkylation sites (tertiary alicyclic amines) is 1. The van der Waals surface area contributed by atoms with E-state index < -0.39 is 24.1 Å². The van der Waals surface area contributed by atoms with E-state index in [4.69, 9.17) is 15.0 Å². The van der Waals surface area contributed by atoms with Gasteiger partial charge in [-0.1, -0.05) is 6.07 Å². The number of nitrogens with two attached hydrogens (primary N) is 1. The van der Waals surface area contributed by atoms with Gasteiger partial charge in [0.25, 0.3) is 5.91 Å². The molecule has 2 aliphatic heterocycles. The van der Waals surface area contributed by atoms with Crippen molar-refractivity contribution in [3.63, 3.8) is 0 Å². The van der Waals surface area contributed by atoms with E-state index >= 15 is 0 Å². The van der Waals surface area contributed by atoms with Crippen LogP contribution in [0.5, 0.6) is 0 Å². The van der Waals surface area contributed by atoms with Gasteiger partial charge in [-0.05, 0) is 51.7 Å². The second-order valence-corrected chi connectivity index (χ2v) is 7.63. The molecule has 0 aromatic heterocycles. The number of amides is 1. The highest BCUT2D eigenvalue weighted by Crippen LogP contribution is 2.36. The largest absolute Gasteiger partial charge is 0.494 e. The van der Waals surface area contributed by atoms with Crippen LogP contribution in [0.4, 0.5) is 4.39 Å². The van der Waals surface area contributed by atoms with Gasteiger partial charge < -0.3 is 19.9 Å². The van der Waals surface area contributed by atoms with Crippen LogP contribution >= 0.6 is 12.4 Å². The van der Waals surface area contributed by atoms with Crippen molar-refractivity contribution < 1.29 is 18.5 Å². The first-order chi connectivity index (χ1) is 11.1. The van der Waals surface area contributed by atoms with Gasteiger partial charge in [0.1, 0.15) is 5.82 Å². The Morgan fingerprint density at radius 3 is 2.36 bits per heavy atom. The molecule has 2 heterocycles. The fourth-order valence-corrected chi connectivity index (χ4v) is 2.97. The minimum absolute atomic E-state index is 0. The van der Waals surface area contributed by atoms with Gasteiger partial charge in [-0.15, -0.1) is 12.4 Å². The molecule has 3 rings (SSSR count). The van der Waals surface area contributed by atoms with Gasteiger partial charge in [-0.25, -0.2) is 4.39 Å². The molecular formula is C17H25BClFN2O3. The molecule has 2 fully saturated rings. The molecule has 1 aromatic rings. The molecule has 0 radical (unpaired) electrons. The Balaban J connectivity index is 0.00000225. The van der Waals surface area contributed by atoms with E-state index in [1.54, 1.807) is 11.0 Å². The Kier molecular flexibility index (Phi) is 5.54. The number of carbonyl (C=O) groups excluding carboxylic acids is 1. The van der Waals surface area contributed by atoms with Crippen LogP contribution in [0.2, 0.25) is 0 Å². The van der Waals surface area contributed by atoms with Crippen molar-refractivity contribution in [1.29, 1.82) is 0 Å². The zero-order chi connectivity index (χ0) is 17.7. The number of benzene rings is 1. The highest BCUT2D eigenvalue weighted by molar-refractivity contribution is 6.62. The summed E-state index contributed by atoms with van der Waals surface area (Å²) >= 11 is 0. The van der Waals surface area contributed by atoms with Gasteiger partial charge in [-0.2, -0.15) is 0 Å². The predicted octanol–water partition coefficient (Wildman–Crippen LogP) is 1.72. The summed E-state index contributed by atoms with van der Waals surface area (Å²) in [5.41, 5.74) is 5.46.